The molecular weight excluding hydrogens is 262 g/mol. The average molecular weight is 281 g/mol. The van der Waals surface area contributed by atoms with E-state index < -0.39 is 0 Å². The van der Waals surface area contributed by atoms with E-state index in [1.807, 2.05) is 24.3 Å². The number of nitrogens with one attached hydrogen (secondary N) is 2. The molecule has 1 fully saturated rings. The Morgan fingerprint density at radius 1 is 1.29 bits per heavy atom. The Balaban J connectivity index is 1.73. The molecule has 2 aromatic rings. The molecule has 1 saturated heterocycles. The summed E-state index contributed by atoms with van der Waals surface area (Å²) in [6.07, 6.45) is 3.07. The van der Waals surface area contributed by atoms with Gasteiger partial charge in [0, 0.05) is 36.6 Å². The number of aromatic nitrogens is 1. The monoisotopic (exact) mass is 281 g/mol. The Bertz CT molecular complexity index is 706. The van der Waals surface area contributed by atoms with E-state index >= 15 is 0 Å². The quantitative estimate of drug-likeness (QED) is 0.900. The first-order chi connectivity index (χ1) is 10.3. The lowest BCUT2D eigenvalue weighted by atomic mass is 9.99. The Kier molecular flexibility index (Phi) is 3.11. The van der Waals surface area contributed by atoms with Gasteiger partial charge in [-0.1, -0.05) is 18.2 Å². The number of fused-ring (bicyclic) bond motifs is 2. The number of nitrogens with zero attached hydrogens (tertiary/aromatic N) is 1. The highest BCUT2D eigenvalue weighted by Crippen LogP contribution is 2.29. The molecule has 0 bridgehead atoms. The van der Waals surface area contributed by atoms with Gasteiger partial charge in [0.2, 0.25) is 0 Å². The van der Waals surface area contributed by atoms with E-state index in [1.54, 1.807) is 0 Å². The molecule has 4 rings (SSSR count). The average Bonchev–Trinajstić information content (AvgIpc) is 2.90. The molecule has 1 amide bonds. The van der Waals surface area contributed by atoms with Crippen LogP contribution >= 0.6 is 0 Å². The number of hydrogen-bond donors (Lipinski definition) is 2. The van der Waals surface area contributed by atoms with Crippen molar-refractivity contribution in [3.63, 3.8) is 0 Å². The molecule has 4 nitrogen and oxygen atoms in total. The highest BCUT2D eigenvalue weighted by atomic mass is 16.1. The van der Waals surface area contributed by atoms with Gasteiger partial charge in [0.05, 0.1) is 11.1 Å². The Morgan fingerprint density at radius 2 is 2.14 bits per heavy atom. The first-order valence-electron chi connectivity index (χ1n) is 7.72. The molecule has 2 N–H and O–H groups in total. The van der Waals surface area contributed by atoms with Crippen molar-refractivity contribution >= 4 is 16.8 Å². The molecule has 2 heterocycles. The molecule has 0 unspecified atom stereocenters. The lowest BCUT2D eigenvalue weighted by molar-refractivity contribution is 0.0943. The molecule has 2 aliphatic rings. The van der Waals surface area contributed by atoms with E-state index in [1.165, 1.54) is 0 Å². The van der Waals surface area contributed by atoms with Crippen LogP contribution in [-0.2, 0) is 12.8 Å². The number of rotatable bonds is 3. The fourth-order valence-corrected chi connectivity index (χ4v) is 3.29. The minimum atomic E-state index is 0.0682. The zero-order valence-corrected chi connectivity index (χ0v) is 12.0. The molecule has 0 atom stereocenters. The van der Waals surface area contributed by atoms with Crippen LogP contribution in [0.2, 0.25) is 0 Å². The lowest BCUT2D eigenvalue weighted by Gasteiger charge is -2.27. The van der Waals surface area contributed by atoms with Crippen molar-refractivity contribution in [3.8, 4) is 0 Å². The van der Waals surface area contributed by atoms with Crippen molar-refractivity contribution in [3.05, 3.63) is 41.1 Å². The van der Waals surface area contributed by atoms with E-state index in [2.05, 4.69) is 10.6 Å². The third-order valence-electron chi connectivity index (χ3n) is 4.56. The maximum Gasteiger partial charge on any atom is 0.252 e. The summed E-state index contributed by atoms with van der Waals surface area (Å²) in [5.74, 6) is 0.647. The molecular formula is C17H19N3O. The number of carbonyl (C=O) groups excluding carboxylic acids is 1. The predicted molar refractivity (Wildman–Crippen MR) is 82.5 cm³/mol. The summed E-state index contributed by atoms with van der Waals surface area (Å²) in [5.41, 5.74) is 4.08. The van der Waals surface area contributed by atoms with Crippen LogP contribution in [0.3, 0.4) is 0 Å². The van der Waals surface area contributed by atoms with Crippen molar-refractivity contribution in [2.75, 3.05) is 19.6 Å². The maximum atomic E-state index is 12.7. The van der Waals surface area contributed by atoms with Crippen molar-refractivity contribution in [2.45, 2.75) is 19.3 Å². The molecule has 1 aromatic carbocycles. The minimum Gasteiger partial charge on any atom is -0.352 e. The van der Waals surface area contributed by atoms with Crippen LogP contribution in [0, 0.1) is 5.92 Å². The molecule has 21 heavy (non-hydrogen) atoms. The second-order valence-corrected chi connectivity index (χ2v) is 6.02. The zero-order valence-electron chi connectivity index (χ0n) is 12.0. The van der Waals surface area contributed by atoms with Crippen LogP contribution in [-0.4, -0.2) is 30.5 Å². The van der Waals surface area contributed by atoms with Gasteiger partial charge in [0.15, 0.2) is 0 Å². The van der Waals surface area contributed by atoms with Gasteiger partial charge in [-0.25, -0.2) is 0 Å². The predicted octanol–water partition coefficient (Wildman–Crippen LogP) is 1.67. The zero-order chi connectivity index (χ0) is 14.2. The fourth-order valence-electron chi connectivity index (χ4n) is 3.29. The number of hydrogen-bond acceptors (Lipinski definition) is 3. The number of carbonyl (C=O) groups is 1. The van der Waals surface area contributed by atoms with Crippen molar-refractivity contribution < 1.29 is 4.79 Å². The summed E-state index contributed by atoms with van der Waals surface area (Å²) < 4.78 is 0. The minimum absolute atomic E-state index is 0.0682. The normalized spacial score (nSPS) is 17.5. The smallest absolute Gasteiger partial charge is 0.252 e. The second-order valence-electron chi connectivity index (χ2n) is 6.02. The van der Waals surface area contributed by atoms with E-state index in [0.29, 0.717) is 5.92 Å². The van der Waals surface area contributed by atoms with E-state index in [-0.39, 0.29) is 5.91 Å². The molecule has 0 radical (unpaired) electrons. The first-order valence-corrected chi connectivity index (χ1v) is 7.72. The Morgan fingerprint density at radius 3 is 2.95 bits per heavy atom. The van der Waals surface area contributed by atoms with Gasteiger partial charge in [-0.15, -0.1) is 0 Å². The molecule has 1 aliphatic carbocycles. The topological polar surface area (TPSA) is 54.0 Å². The Hall–Kier alpha value is -1.94. The van der Waals surface area contributed by atoms with Gasteiger partial charge >= 0.3 is 0 Å². The van der Waals surface area contributed by atoms with Crippen LogP contribution in [0.4, 0.5) is 0 Å². The summed E-state index contributed by atoms with van der Waals surface area (Å²) in [7, 11) is 0. The number of benzene rings is 1. The molecule has 0 saturated carbocycles. The highest BCUT2D eigenvalue weighted by molar-refractivity contribution is 6.07. The molecule has 4 heteroatoms. The van der Waals surface area contributed by atoms with E-state index in [0.717, 1.165) is 66.6 Å². The first kappa shape index (κ1) is 12.8. The van der Waals surface area contributed by atoms with Gasteiger partial charge in [-0.3, -0.25) is 9.78 Å². The summed E-state index contributed by atoms with van der Waals surface area (Å²) >= 11 is 0. The van der Waals surface area contributed by atoms with Crippen LogP contribution in [0.25, 0.3) is 10.9 Å². The van der Waals surface area contributed by atoms with Crippen molar-refractivity contribution in [2.24, 2.45) is 5.92 Å². The third kappa shape index (κ3) is 2.20. The number of aryl methyl sites for hydroxylation is 1. The van der Waals surface area contributed by atoms with Gasteiger partial charge in [-0.05, 0) is 30.9 Å². The Labute approximate surface area is 124 Å². The van der Waals surface area contributed by atoms with Crippen LogP contribution in [0.1, 0.15) is 28.0 Å². The maximum absolute atomic E-state index is 12.7. The van der Waals surface area contributed by atoms with Gasteiger partial charge in [0.1, 0.15) is 0 Å². The van der Waals surface area contributed by atoms with Crippen LogP contribution < -0.4 is 10.6 Å². The second kappa shape index (κ2) is 5.11. The summed E-state index contributed by atoms with van der Waals surface area (Å²) in [6.45, 7) is 2.78. The van der Waals surface area contributed by atoms with Crippen LogP contribution in [0.5, 0.6) is 0 Å². The van der Waals surface area contributed by atoms with Crippen molar-refractivity contribution in [1.82, 2.24) is 15.6 Å². The summed E-state index contributed by atoms with van der Waals surface area (Å²) in [5, 5.41) is 7.34. The van der Waals surface area contributed by atoms with Crippen LogP contribution in [0.15, 0.2) is 24.3 Å². The van der Waals surface area contributed by atoms with E-state index in [9.17, 15) is 4.79 Å². The SMILES string of the molecule is O=C(NCC1CNC1)c1c2c(nc3ccccc13)CCC2. The summed E-state index contributed by atoms with van der Waals surface area (Å²) in [4.78, 5) is 17.4. The van der Waals surface area contributed by atoms with Gasteiger partial charge in [-0.2, -0.15) is 0 Å². The largest absolute Gasteiger partial charge is 0.352 e. The highest BCUT2D eigenvalue weighted by Gasteiger charge is 2.24. The standard InChI is InChI=1S/C17H19N3O/c21-17(19-10-11-8-18-9-11)16-12-4-1-2-6-14(12)20-15-7-3-5-13(15)16/h1-2,4,6,11,18H,3,5,7-10H2,(H,19,21). The lowest BCUT2D eigenvalue weighted by Crippen LogP contribution is -2.48. The van der Waals surface area contributed by atoms with Gasteiger partial charge in [0.25, 0.3) is 5.91 Å². The van der Waals surface area contributed by atoms with Crippen molar-refractivity contribution in [1.29, 1.82) is 0 Å². The van der Waals surface area contributed by atoms with Gasteiger partial charge < -0.3 is 10.6 Å². The number of amides is 1. The molecule has 1 aliphatic heterocycles. The van der Waals surface area contributed by atoms with E-state index in [4.69, 9.17) is 4.98 Å². The number of pyridine rings is 1. The molecule has 108 valence electrons. The summed E-state index contributed by atoms with van der Waals surface area (Å²) in [6, 6.07) is 7.98. The molecule has 1 aromatic heterocycles. The molecule has 0 spiro atoms. The fraction of sp³-hybridized carbons (Fsp3) is 0.412. The number of para-hydroxylation sites is 1. The third-order valence-corrected chi connectivity index (χ3v) is 4.56.